The molecule has 4 heteroatoms. The first-order valence-corrected chi connectivity index (χ1v) is 5.94. The van der Waals surface area contributed by atoms with Gasteiger partial charge in [-0.2, -0.15) is 5.10 Å². The Bertz CT molecular complexity index is 547. The number of aryl methyl sites for hydroxylation is 2. The Hall–Kier alpha value is -1.97. The van der Waals surface area contributed by atoms with Crippen molar-refractivity contribution in [1.82, 2.24) is 9.78 Å². The number of hydrogen-bond acceptors (Lipinski definition) is 3. The summed E-state index contributed by atoms with van der Waals surface area (Å²) in [6, 6.07) is 5.83. The molecular formula is C14H18N2O2. The largest absolute Gasteiger partial charge is 0.497 e. The third kappa shape index (κ3) is 2.18. The predicted molar refractivity (Wildman–Crippen MR) is 71.1 cm³/mol. The van der Waals surface area contributed by atoms with Crippen LogP contribution < -0.4 is 9.47 Å². The summed E-state index contributed by atoms with van der Waals surface area (Å²) in [7, 11) is 5.24. The molecule has 1 heterocycles. The Balaban J connectivity index is 2.55. The molecule has 2 aromatic rings. The van der Waals surface area contributed by atoms with Crippen LogP contribution in [0.5, 0.6) is 11.5 Å². The fourth-order valence-electron chi connectivity index (χ4n) is 2.04. The van der Waals surface area contributed by atoms with Gasteiger partial charge >= 0.3 is 0 Å². The van der Waals surface area contributed by atoms with Crippen molar-refractivity contribution < 1.29 is 9.47 Å². The van der Waals surface area contributed by atoms with Crippen LogP contribution in [-0.4, -0.2) is 24.0 Å². The highest BCUT2D eigenvalue weighted by Crippen LogP contribution is 2.34. The van der Waals surface area contributed by atoms with Crippen molar-refractivity contribution in [2.24, 2.45) is 7.05 Å². The molecule has 0 saturated heterocycles. The minimum Gasteiger partial charge on any atom is -0.497 e. The summed E-state index contributed by atoms with van der Waals surface area (Å²) >= 11 is 0. The molecule has 1 aromatic heterocycles. The van der Waals surface area contributed by atoms with Crippen LogP contribution in [0.3, 0.4) is 0 Å². The highest BCUT2D eigenvalue weighted by Gasteiger charge is 2.13. The third-order valence-electron chi connectivity index (χ3n) is 2.94. The normalized spacial score (nSPS) is 10.4. The molecular weight excluding hydrogens is 228 g/mol. The molecule has 0 amide bonds. The number of rotatable bonds is 4. The van der Waals surface area contributed by atoms with Crippen LogP contribution in [0.2, 0.25) is 0 Å². The van der Waals surface area contributed by atoms with Crippen LogP contribution >= 0.6 is 0 Å². The van der Waals surface area contributed by atoms with Gasteiger partial charge in [-0.3, -0.25) is 4.68 Å². The summed E-state index contributed by atoms with van der Waals surface area (Å²) in [5, 5.41) is 4.45. The Labute approximate surface area is 107 Å². The number of ether oxygens (including phenoxy) is 2. The van der Waals surface area contributed by atoms with Crippen molar-refractivity contribution in [2.45, 2.75) is 13.3 Å². The van der Waals surface area contributed by atoms with E-state index in [9.17, 15) is 0 Å². The van der Waals surface area contributed by atoms with Crippen molar-refractivity contribution >= 4 is 0 Å². The van der Waals surface area contributed by atoms with Crippen LogP contribution in [0.15, 0.2) is 24.4 Å². The van der Waals surface area contributed by atoms with Gasteiger partial charge in [0.05, 0.1) is 19.9 Å². The fourth-order valence-corrected chi connectivity index (χ4v) is 2.04. The summed E-state index contributed by atoms with van der Waals surface area (Å²) in [4.78, 5) is 0. The topological polar surface area (TPSA) is 36.3 Å². The minimum atomic E-state index is 0.789. The Morgan fingerprint density at radius 2 is 1.94 bits per heavy atom. The van der Waals surface area contributed by atoms with Crippen molar-refractivity contribution in [3.8, 4) is 22.6 Å². The van der Waals surface area contributed by atoms with Crippen LogP contribution in [0.25, 0.3) is 11.1 Å². The molecule has 1 aromatic carbocycles. The zero-order valence-electron chi connectivity index (χ0n) is 11.2. The van der Waals surface area contributed by atoms with E-state index in [2.05, 4.69) is 12.0 Å². The van der Waals surface area contributed by atoms with Gasteiger partial charge in [-0.25, -0.2) is 0 Å². The molecule has 0 fully saturated rings. The molecule has 0 saturated carbocycles. The van der Waals surface area contributed by atoms with E-state index in [1.165, 1.54) is 0 Å². The third-order valence-corrected chi connectivity index (χ3v) is 2.94. The van der Waals surface area contributed by atoms with Crippen LogP contribution in [0.4, 0.5) is 0 Å². The molecule has 0 aliphatic heterocycles. The number of aromatic nitrogens is 2. The van der Waals surface area contributed by atoms with Gasteiger partial charge in [-0.05, 0) is 18.6 Å². The number of nitrogens with zero attached hydrogens (tertiary/aromatic N) is 2. The summed E-state index contributed by atoms with van der Waals surface area (Å²) in [5.74, 6) is 1.59. The highest BCUT2D eigenvalue weighted by molar-refractivity contribution is 5.73. The maximum absolute atomic E-state index is 5.43. The van der Waals surface area contributed by atoms with E-state index in [1.807, 2.05) is 36.1 Å². The van der Waals surface area contributed by atoms with Crippen molar-refractivity contribution in [2.75, 3.05) is 14.2 Å². The van der Waals surface area contributed by atoms with E-state index >= 15 is 0 Å². The standard InChI is InChI=1S/C14H18N2O2/c1-5-13-12(9-16(2)15-13)11-7-6-10(17-3)8-14(11)18-4/h6-9H,5H2,1-4H3. The second kappa shape index (κ2) is 5.12. The second-order valence-corrected chi connectivity index (χ2v) is 4.08. The van der Waals surface area contributed by atoms with Gasteiger partial charge in [-0.1, -0.05) is 6.92 Å². The van der Waals surface area contributed by atoms with Gasteiger partial charge in [0.2, 0.25) is 0 Å². The number of methoxy groups -OCH3 is 2. The smallest absolute Gasteiger partial charge is 0.130 e. The van der Waals surface area contributed by atoms with Gasteiger partial charge in [-0.15, -0.1) is 0 Å². The molecule has 4 nitrogen and oxygen atoms in total. The SMILES string of the molecule is CCc1nn(C)cc1-c1ccc(OC)cc1OC. The minimum absolute atomic E-state index is 0.789. The predicted octanol–water partition coefficient (Wildman–Crippen LogP) is 2.67. The van der Waals surface area contributed by atoms with E-state index in [0.29, 0.717) is 0 Å². The zero-order chi connectivity index (χ0) is 13.1. The molecule has 0 atom stereocenters. The van der Waals surface area contributed by atoms with Gasteiger partial charge in [0.1, 0.15) is 11.5 Å². The maximum atomic E-state index is 5.43. The lowest BCUT2D eigenvalue weighted by atomic mass is 10.0. The van der Waals surface area contributed by atoms with Crippen molar-refractivity contribution in [3.63, 3.8) is 0 Å². The monoisotopic (exact) mass is 246 g/mol. The summed E-state index contributed by atoms with van der Waals surface area (Å²) < 4.78 is 12.5. The van der Waals surface area contributed by atoms with Crippen molar-refractivity contribution in [1.29, 1.82) is 0 Å². The molecule has 18 heavy (non-hydrogen) atoms. The fraction of sp³-hybridized carbons (Fsp3) is 0.357. The lowest BCUT2D eigenvalue weighted by Gasteiger charge is -2.10. The number of benzene rings is 1. The molecule has 0 N–H and O–H groups in total. The second-order valence-electron chi connectivity index (χ2n) is 4.08. The van der Waals surface area contributed by atoms with Gasteiger partial charge < -0.3 is 9.47 Å². The Morgan fingerprint density at radius 3 is 2.56 bits per heavy atom. The first-order chi connectivity index (χ1) is 8.69. The number of hydrogen-bond donors (Lipinski definition) is 0. The molecule has 0 unspecified atom stereocenters. The molecule has 0 aliphatic carbocycles. The van der Waals surface area contributed by atoms with E-state index in [-0.39, 0.29) is 0 Å². The molecule has 96 valence electrons. The molecule has 0 bridgehead atoms. The summed E-state index contributed by atoms with van der Waals surface area (Å²) in [6.07, 6.45) is 2.91. The van der Waals surface area contributed by atoms with Gasteiger partial charge in [0, 0.05) is 30.4 Å². The summed E-state index contributed by atoms with van der Waals surface area (Å²) in [5.41, 5.74) is 3.23. The first kappa shape index (κ1) is 12.5. The van der Waals surface area contributed by atoms with Crippen LogP contribution in [-0.2, 0) is 13.5 Å². The molecule has 0 spiro atoms. The van der Waals surface area contributed by atoms with E-state index in [1.54, 1.807) is 14.2 Å². The maximum Gasteiger partial charge on any atom is 0.130 e. The van der Waals surface area contributed by atoms with Crippen LogP contribution in [0.1, 0.15) is 12.6 Å². The lowest BCUT2D eigenvalue weighted by molar-refractivity contribution is 0.395. The van der Waals surface area contributed by atoms with Gasteiger partial charge in [0.15, 0.2) is 0 Å². The highest BCUT2D eigenvalue weighted by atomic mass is 16.5. The Morgan fingerprint density at radius 1 is 1.17 bits per heavy atom. The molecule has 2 rings (SSSR count). The zero-order valence-corrected chi connectivity index (χ0v) is 11.2. The molecule has 0 aliphatic rings. The van der Waals surface area contributed by atoms with Crippen molar-refractivity contribution in [3.05, 3.63) is 30.1 Å². The van der Waals surface area contributed by atoms with E-state index < -0.39 is 0 Å². The first-order valence-electron chi connectivity index (χ1n) is 5.94. The van der Waals surface area contributed by atoms with E-state index in [4.69, 9.17) is 9.47 Å². The summed E-state index contributed by atoms with van der Waals surface area (Å²) in [6.45, 7) is 2.10. The quantitative estimate of drug-likeness (QED) is 0.832. The Kier molecular flexibility index (Phi) is 3.55. The van der Waals surface area contributed by atoms with E-state index in [0.717, 1.165) is 34.7 Å². The average molecular weight is 246 g/mol. The molecule has 0 radical (unpaired) electrons. The lowest BCUT2D eigenvalue weighted by Crippen LogP contribution is -1.92. The average Bonchev–Trinajstić information content (AvgIpc) is 2.78. The van der Waals surface area contributed by atoms with Crippen LogP contribution in [0, 0.1) is 0 Å². The van der Waals surface area contributed by atoms with Gasteiger partial charge in [0.25, 0.3) is 0 Å².